The van der Waals surface area contributed by atoms with Crippen molar-refractivity contribution in [2.45, 2.75) is 44.3 Å². The molecule has 3 aliphatic rings. The molecule has 0 aromatic heterocycles. The predicted octanol–water partition coefficient (Wildman–Crippen LogP) is 4.86. The highest BCUT2D eigenvalue weighted by Gasteiger charge is 2.63. The van der Waals surface area contributed by atoms with Gasteiger partial charge in [0.25, 0.3) is 0 Å². The lowest BCUT2D eigenvalue weighted by atomic mass is 9.81. The molecule has 29 heavy (non-hydrogen) atoms. The zero-order valence-electron chi connectivity index (χ0n) is 15.9. The summed E-state index contributed by atoms with van der Waals surface area (Å²) in [5, 5.41) is 0.280. The van der Waals surface area contributed by atoms with Crippen molar-refractivity contribution in [1.29, 1.82) is 0 Å². The molecule has 0 amide bonds. The Balaban J connectivity index is 1.50. The summed E-state index contributed by atoms with van der Waals surface area (Å²) in [7, 11) is 0. The van der Waals surface area contributed by atoms with E-state index in [1.54, 1.807) is 18.2 Å². The van der Waals surface area contributed by atoms with E-state index >= 15 is 0 Å². The lowest BCUT2D eigenvalue weighted by molar-refractivity contribution is -0.127. The van der Waals surface area contributed by atoms with Crippen LogP contribution in [0.15, 0.2) is 36.4 Å². The molecule has 3 fully saturated rings. The Kier molecular flexibility index (Phi) is 4.48. The first-order chi connectivity index (χ1) is 14.0. The molecular weight excluding hydrogens is 395 g/mol. The third-order valence-corrected chi connectivity index (χ3v) is 6.67. The summed E-state index contributed by atoms with van der Waals surface area (Å²) in [6.07, 6.45) is 2.12. The third-order valence-electron chi connectivity index (χ3n) is 6.43. The van der Waals surface area contributed by atoms with Crippen LogP contribution in [-0.4, -0.2) is 23.8 Å². The summed E-state index contributed by atoms with van der Waals surface area (Å²) in [6, 6.07) is 9.46. The summed E-state index contributed by atoms with van der Waals surface area (Å²) >= 11 is 5.80. The Morgan fingerprint density at radius 2 is 1.76 bits per heavy atom. The molecule has 1 aliphatic carbocycles. The largest absolute Gasteiger partial charge is 0.454 e. The van der Waals surface area contributed by atoms with Crippen LogP contribution in [0.2, 0.25) is 5.02 Å². The first-order valence-electron chi connectivity index (χ1n) is 9.96. The maximum atomic E-state index is 14.1. The van der Waals surface area contributed by atoms with Crippen LogP contribution in [0.1, 0.15) is 36.8 Å². The van der Waals surface area contributed by atoms with Crippen molar-refractivity contribution in [3.63, 3.8) is 0 Å². The second kappa shape index (κ2) is 6.92. The summed E-state index contributed by atoms with van der Waals surface area (Å²) < 4.78 is 25.7. The number of ether oxygens (including phenoxy) is 2. The first-order valence-corrected chi connectivity index (χ1v) is 10.3. The summed E-state index contributed by atoms with van der Waals surface area (Å²) in [6.45, 7) is 1.98. The number of benzene rings is 2. The van der Waals surface area contributed by atoms with Gasteiger partial charge in [0.2, 0.25) is 0 Å². The van der Waals surface area contributed by atoms with Crippen LogP contribution in [-0.2, 0) is 20.7 Å². The van der Waals surface area contributed by atoms with Crippen LogP contribution in [0.25, 0.3) is 0 Å². The number of hydrogen-bond acceptors (Lipinski definition) is 4. The van der Waals surface area contributed by atoms with E-state index < -0.39 is 11.7 Å². The topological polar surface area (TPSA) is 52.6 Å². The van der Waals surface area contributed by atoms with E-state index in [1.165, 1.54) is 12.1 Å². The molecule has 2 saturated heterocycles. The van der Waals surface area contributed by atoms with Gasteiger partial charge in [0.15, 0.2) is 23.1 Å². The number of ketones is 2. The Morgan fingerprint density at radius 3 is 2.38 bits per heavy atom. The van der Waals surface area contributed by atoms with Crippen molar-refractivity contribution in [3.8, 4) is 11.5 Å². The lowest BCUT2D eigenvalue weighted by Gasteiger charge is -2.17. The van der Waals surface area contributed by atoms with Crippen molar-refractivity contribution >= 4 is 23.2 Å². The quantitative estimate of drug-likeness (QED) is 0.670. The molecule has 2 heterocycles. The van der Waals surface area contributed by atoms with Gasteiger partial charge in [-0.15, -0.1) is 0 Å². The second-order valence-electron chi connectivity index (χ2n) is 7.97. The zero-order valence-corrected chi connectivity index (χ0v) is 16.6. The molecule has 5 rings (SSSR count). The van der Waals surface area contributed by atoms with E-state index in [2.05, 4.69) is 0 Å². The summed E-state index contributed by atoms with van der Waals surface area (Å²) in [5.74, 6) is -1.68. The van der Waals surface area contributed by atoms with Gasteiger partial charge in [0.05, 0.1) is 24.0 Å². The number of halogens is 2. The molecular formula is C23H20ClFO4. The lowest BCUT2D eigenvalue weighted by Crippen LogP contribution is -2.29. The van der Waals surface area contributed by atoms with Gasteiger partial charge in [-0.05, 0) is 60.7 Å². The Hall–Kier alpha value is -2.24. The van der Waals surface area contributed by atoms with Gasteiger partial charge in [-0.1, -0.05) is 24.6 Å². The van der Waals surface area contributed by atoms with E-state index in [0.29, 0.717) is 17.7 Å². The van der Waals surface area contributed by atoms with Gasteiger partial charge in [0, 0.05) is 5.02 Å². The van der Waals surface area contributed by atoms with Gasteiger partial charge >= 0.3 is 0 Å². The van der Waals surface area contributed by atoms with Gasteiger partial charge in [0.1, 0.15) is 11.7 Å². The van der Waals surface area contributed by atoms with Crippen molar-refractivity contribution < 1.29 is 23.5 Å². The molecule has 4 nitrogen and oxygen atoms in total. The number of fused-ring (bicyclic) bond motifs is 5. The van der Waals surface area contributed by atoms with Crippen molar-refractivity contribution in [3.05, 3.63) is 58.4 Å². The average molecular weight is 415 g/mol. The SMILES string of the molecule is CCc1ccc(Oc2ccc(Cl)cc2F)cc1C1C(=O)[C@@H]2[C@H](C1=O)[C@H]1CC[C@@H]2O1. The molecule has 1 saturated carbocycles. The van der Waals surface area contributed by atoms with Crippen LogP contribution in [0.5, 0.6) is 11.5 Å². The normalized spacial score (nSPS) is 30.1. The predicted molar refractivity (Wildman–Crippen MR) is 105 cm³/mol. The van der Waals surface area contributed by atoms with E-state index in [9.17, 15) is 14.0 Å². The maximum Gasteiger partial charge on any atom is 0.167 e. The minimum Gasteiger partial charge on any atom is -0.454 e. The Labute approximate surface area is 173 Å². The molecule has 150 valence electrons. The third kappa shape index (κ3) is 2.90. The van der Waals surface area contributed by atoms with Crippen molar-refractivity contribution in [2.75, 3.05) is 0 Å². The van der Waals surface area contributed by atoms with Crippen molar-refractivity contribution in [1.82, 2.24) is 0 Å². The highest BCUT2D eigenvalue weighted by molar-refractivity contribution is 6.30. The molecule has 1 unspecified atom stereocenters. The monoisotopic (exact) mass is 414 g/mol. The minimum absolute atomic E-state index is 0.0389. The van der Waals surface area contributed by atoms with Gasteiger partial charge in [-0.2, -0.15) is 0 Å². The van der Waals surface area contributed by atoms with E-state index in [0.717, 1.165) is 18.4 Å². The molecule has 2 aliphatic heterocycles. The first kappa shape index (κ1) is 18.8. The molecule has 2 bridgehead atoms. The summed E-state index contributed by atoms with van der Waals surface area (Å²) in [4.78, 5) is 26.4. The summed E-state index contributed by atoms with van der Waals surface area (Å²) in [5.41, 5.74) is 1.59. The number of rotatable bonds is 4. The Morgan fingerprint density at radius 1 is 1.07 bits per heavy atom. The number of hydrogen-bond donors (Lipinski definition) is 0. The molecule has 2 aromatic rings. The van der Waals surface area contributed by atoms with E-state index in [-0.39, 0.29) is 46.4 Å². The zero-order chi connectivity index (χ0) is 20.3. The fourth-order valence-electron chi connectivity index (χ4n) is 5.14. The number of Topliss-reactive ketones (excluding diaryl/α,β-unsaturated/α-hetero) is 2. The van der Waals surface area contributed by atoms with E-state index in [4.69, 9.17) is 21.1 Å². The fraction of sp³-hybridized carbons (Fsp3) is 0.391. The fourth-order valence-corrected chi connectivity index (χ4v) is 5.30. The molecule has 2 aromatic carbocycles. The number of carbonyl (C=O) groups excluding carboxylic acids is 2. The smallest absolute Gasteiger partial charge is 0.167 e. The molecule has 0 N–H and O–H groups in total. The number of carbonyl (C=O) groups is 2. The number of aryl methyl sites for hydroxylation is 1. The van der Waals surface area contributed by atoms with Crippen LogP contribution < -0.4 is 4.74 Å². The van der Waals surface area contributed by atoms with Gasteiger partial charge in [-0.3, -0.25) is 9.59 Å². The van der Waals surface area contributed by atoms with Crippen LogP contribution >= 0.6 is 11.6 Å². The average Bonchev–Trinajstić information content (AvgIpc) is 3.38. The molecule has 6 heteroatoms. The van der Waals surface area contributed by atoms with Crippen molar-refractivity contribution in [2.24, 2.45) is 11.8 Å². The highest BCUT2D eigenvalue weighted by atomic mass is 35.5. The Bertz CT molecular complexity index is 992. The van der Waals surface area contributed by atoms with Crippen LogP contribution in [0, 0.1) is 17.7 Å². The van der Waals surface area contributed by atoms with E-state index in [1.807, 2.05) is 13.0 Å². The standard InChI is InChI=1S/C23H20ClFO4/c1-2-11-3-5-13(28-16-6-4-12(24)9-15(16)25)10-14(11)19-22(26)20-17-7-8-18(29-17)21(20)23(19)27/h3-6,9-10,17-21H,2,7-8H2,1H3/t17-,18+,19?,20-,21+. The van der Waals surface area contributed by atoms with Gasteiger partial charge < -0.3 is 9.47 Å². The molecule has 5 atom stereocenters. The van der Waals surface area contributed by atoms with Crippen LogP contribution in [0.3, 0.4) is 0 Å². The second-order valence-corrected chi connectivity index (χ2v) is 8.41. The maximum absolute atomic E-state index is 14.1. The molecule has 0 spiro atoms. The minimum atomic E-state index is -0.787. The highest BCUT2D eigenvalue weighted by Crippen LogP contribution is 2.52. The molecule has 0 radical (unpaired) electrons. The van der Waals surface area contributed by atoms with Gasteiger partial charge in [-0.25, -0.2) is 4.39 Å². The van der Waals surface area contributed by atoms with Crippen LogP contribution in [0.4, 0.5) is 4.39 Å².